The van der Waals surface area contributed by atoms with Crippen LogP contribution in [-0.4, -0.2) is 0 Å². The van der Waals surface area contributed by atoms with Crippen LogP contribution in [0.25, 0.3) is 23.3 Å². The molecule has 2 aromatic rings. The van der Waals surface area contributed by atoms with Gasteiger partial charge in [0.05, 0.1) is 0 Å². The predicted molar refractivity (Wildman–Crippen MR) is 130 cm³/mol. The number of hydrogen-bond acceptors (Lipinski definition) is 0. The van der Waals surface area contributed by atoms with E-state index in [1.807, 2.05) is 0 Å². The fraction of sp³-hybridized carbons (Fsp3) is 0.484. The minimum Gasteiger partial charge on any atom is -0.0741 e. The Balaban J connectivity index is 1.22. The van der Waals surface area contributed by atoms with E-state index >= 15 is 0 Å². The molecule has 0 saturated heterocycles. The second kappa shape index (κ2) is 6.96. The van der Waals surface area contributed by atoms with Gasteiger partial charge < -0.3 is 0 Å². The van der Waals surface area contributed by atoms with Crippen molar-refractivity contribution in [3.63, 3.8) is 0 Å². The summed E-state index contributed by atoms with van der Waals surface area (Å²) >= 11 is 0. The van der Waals surface area contributed by atoms with Crippen LogP contribution in [-0.2, 0) is 5.41 Å². The molecular formula is C31H34. The molecule has 0 N–H and O–H groups in total. The highest BCUT2D eigenvalue weighted by Gasteiger charge is 2.51. The maximum atomic E-state index is 2.53. The van der Waals surface area contributed by atoms with Crippen molar-refractivity contribution < 1.29 is 0 Å². The van der Waals surface area contributed by atoms with Gasteiger partial charge in [0.25, 0.3) is 0 Å². The third-order valence-electron chi connectivity index (χ3n) is 9.45. The Bertz CT molecular complexity index is 1120. The van der Waals surface area contributed by atoms with Gasteiger partial charge in [0.15, 0.2) is 0 Å². The monoisotopic (exact) mass is 406 g/mol. The van der Waals surface area contributed by atoms with E-state index in [1.165, 1.54) is 91.3 Å². The normalized spacial score (nSPS) is 34.7. The Kier molecular flexibility index (Phi) is 4.15. The Labute approximate surface area is 186 Å². The lowest BCUT2D eigenvalue weighted by Gasteiger charge is -2.57. The average Bonchev–Trinajstić information content (AvgIpc) is 3.42. The molecule has 6 aliphatic rings. The lowest BCUT2D eigenvalue weighted by molar-refractivity contribution is -0.00518. The molecule has 4 bridgehead atoms. The fourth-order valence-electron chi connectivity index (χ4n) is 8.47. The first-order valence-corrected chi connectivity index (χ1v) is 12.9. The van der Waals surface area contributed by atoms with E-state index in [0.717, 1.165) is 23.7 Å². The summed E-state index contributed by atoms with van der Waals surface area (Å²) in [7, 11) is 0. The van der Waals surface area contributed by atoms with E-state index in [9.17, 15) is 0 Å². The quantitative estimate of drug-likeness (QED) is 0.545. The Morgan fingerprint density at radius 3 is 2.10 bits per heavy atom. The van der Waals surface area contributed by atoms with Crippen LogP contribution in [0.4, 0.5) is 0 Å². The zero-order valence-corrected chi connectivity index (χ0v) is 18.7. The summed E-state index contributed by atoms with van der Waals surface area (Å²) in [4.78, 5) is 0. The van der Waals surface area contributed by atoms with Gasteiger partial charge in [-0.25, -0.2) is 0 Å². The molecule has 6 aliphatic carbocycles. The molecule has 0 radical (unpaired) electrons. The van der Waals surface area contributed by atoms with E-state index in [-0.39, 0.29) is 0 Å². The number of rotatable bonds is 3. The summed E-state index contributed by atoms with van der Waals surface area (Å²) in [6.45, 7) is 0. The highest BCUT2D eigenvalue weighted by Crippen LogP contribution is 2.60. The fourth-order valence-corrected chi connectivity index (χ4v) is 8.47. The third kappa shape index (κ3) is 3.09. The van der Waals surface area contributed by atoms with Gasteiger partial charge in [0.1, 0.15) is 0 Å². The number of allylic oxidation sites excluding steroid dienone is 2. The molecule has 0 heterocycles. The van der Waals surface area contributed by atoms with Gasteiger partial charge in [-0.1, -0.05) is 61.4 Å². The van der Waals surface area contributed by atoms with Gasteiger partial charge >= 0.3 is 0 Å². The molecule has 0 atom stereocenters. The van der Waals surface area contributed by atoms with Gasteiger partial charge in [0, 0.05) is 0 Å². The standard InChI is InChI=1S/C31H34/c1-2-5-21(4-1)12-22-16-27-6-3-7-29(30(27)17-22)26-8-10-28(11-9-26)31-18-23-13-24(19-31)15-25(14-23)20-31/h3,6-12,16-17,21,23-25H,1-2,4-5,13-15,18-20H2. The van der Waals surface area contributed by atoms with E-state index < -0.39 is 0 Å². The molecule has 0 aromatic heterocycles. The molecule has 0 unspecified atom stereocenters. The molecule has 8 rings (SSSR count). The van der Waals surface area contributed by atoms with Crippen LogP contribution >= 0.6 is 0 Å². The first-order chi connectivity index (χ1) is 15.2. The molecule has 0 amide bonds. The molecule has 2 aromatic carbocycles. The molecule has 158 valence electrons. The van der Waals surface area contributed by atoms with Gasteiger partial charge in [-0.2, -0.15) is 0 Å². The topological polar surface area (TPSA) is 0 Å². The van der Waals surface area contributed by atoms with Gasteiger partial charge in [-0.3, -0.25) is 0 Å². The molecule has 31 heavy (non-hydrogen) atoms. The van der Waals surface area contributed by atoms with E-state index in [4.69, 9.17) is 0 Å². The minimum atomic E-state index is 0.503. The first-order valence-electron chi connectivity index (χ1n) is 12.9. The Morgan fingerprint density at radius 1 is 0.742 bits per heavy atom. The summed E-state index contributed by atoms with van der Waals surface area (Å²) in [5.41, 5.74) is 6.36. The summed E-state index contributed by atoms with van der Waals surface area (Å²) in [6, 6.07) is 16.7. The van der Waals surface area contributed by atoms with Crippen molar-refractivity contribution in [2.45, 2.75) is 69.6 Å². The largest absolute Gasteiger partial charge is 0.0741 e. The number of fused-ring (bicyclic) bond motifs is 1. The molecule has 5 saturated carbocycles. The van der Waals surface area contributed by atoms with Crippen LogP contribution in [0, 0.1) is 23.7 Å². The van der Waals surface area contributed by atoms with Crippen LogP contribution in [0.5, 0.6) is 0 Å². The predicted octanol–water partition coefficient (Wildman–Crippen LogP) is 6.51. The maximum absolute atomic E-state index is 2.53. The first kappa shape index (κ1) is 18.5. The van der Waals surface area contributed by atoms with Gasteiger partial charge in [-0.05, 0) is 125 Å². The molecule has 0 spiro atoms. The summed E-state index contributed by atoms with van der Waals surface area (Å²) < 4.78 is 0. The highest BCUT2D eigenvalue weighted by molar-refractivity contribution is 5.78. The second-order valence-electron chi connectivity index (χ2n) is 11.6. The van der Waals surface area contributed by atoms with Crippen molar-refractivity contribution in [1.82, 2.24) is 0 Å². The van der Waals surface area contributed by atoms with Crippen LogP contribution in [0.2, 0.25) is 0 Å². The average molecular weight is 407 g/mol. The van der Waals surface area contributed by atoms with Crippen LogP contribution in [0.1, 0.15) is 69.8 Å². The maximum Gasteiger partial charge on any atom is -0.00391 e. The lowest BCUT2D eigenvalue weighted by atomic mass is 9.48. The lowest BCUT2D eigenvalue weighted by Crippen LogP contribution is -2.48. The van der Waals surface area contributed by atoms with Crippen LogP contribution < -0.4 is 10.4 Å². The van der Waals surface area contributed by atoms with E-state index in [1.54, 1.807) is 5.56 Å². The molecular weight excluding hydrogens is 372 g/mol. The van der Waals surface area contributed by atoms with E-state index in [2.05, 4.69) is 60.7 Å². The Hall–Kier alpha value is -2.08. The molecule has 5 fully saturated rings. The van der Waals surface area contributed by atoms with E-state index in [0.29, 0.717) is 5.41 Å². The van der Waals surface area contributed by atoms with Crippen LogP contribution in [0.3, 0.4) is 0 Å². The Morgan fingerprint density at radius 2 is 1.42 bits per heavy atom. The zero-order valence-electron chi connectivity index (χ0n) is 18.7. The van der Waals surface area contributed by atoms with Crippen molar-refractivity contribution in [1.29, 1.82) is 0 Å². The number of hydrogen-bond donors (Lipinski definition) is 0. The summed E-state index contributed by atoms with van der Waals surface area (Å²) in [5.74, 6) is 3.83. The van der Waals surface area contributed by atoms with Crippen molar-refractivity contribution >= 4 is 12.2 Å². The summed E-state index contributed by atoms with van der Waals surface area (Å²) in [6.07, 6.45) is 21.9. The molecule has 0 nitrogen and oxygen atoms in total. The zero-order chi connectivity index (χ0) is 20.4. The van der Waals surface area contributed by atoms with Crippen LogP contribution in [0.15, 0.2) is 54.1 Å². The third-order valence-corrected chi connectivity index (χ3v) is 9.45. The minimum absolute atomic E-state index is 0.503. The van der Waals surface area contributed by atoms with Crippen molar-refractivity contribution in [2.24, 2.45) is 23.7 Å². The van der Waals surface area contributed by atoms with Gasteiger partial charge in [0.2, 0.25) is 0 Å². The van der Waals surface area contributed by atoms with Gasteiger partial charge in [-0.15, -0.1) is 0 Å². The van der Waals surface area contributed by atoms with Crippen molar-refractivity contribution in [3.8, 4) is 11.1 Å². The number of benzene rings is 2. The second-order valence-corrected chi connectivity index (χ2v) is 11.6. The molecule has 0 aliphatic heterocycles. The van der Waals surface area contributed by atoms with Crippen molar-refractivity contribution in [2.75, 3.05) is 0 Å². The van der Waals surface area contributed by atoms with Crippen molar-refractivity contribution in [3.05, 3.63) is 70.1 Å². The SMILES string of the molecule is C(=C1C=c2cccc(-c3ccc(C45CC6CC(CC(C6)C4)C5)cc3)c2=C1)C1CCCC1. The smallest absolute Gasteiger partial charge is 0.00391 e. The highest BCUT2D eigenvalue weighted by atomic mass is 14.6. The molecule has 0 heteroatoms. The summed E-state index contributed by atoms with van der Waals surface area (Å²) in [5, 5.41) is 2.82.